The lowest BCUT2D eigenvalue weighted by Crippen LogP contribution is -2.16. The Hall–Kier alpha value is -0.720. The molecule has 0 fully saturated rings. The van der Waals surface area contributed by atoms with Crippen molar-refractivity contribution >= 4 is 0 Å². The molecule has 0 amide bonds. The van der Waals surface area contributed by atoms with Gasteiger partial charge in [-0.1, -0.05) is 46.8 Å². The molecule has 16 heavy (non-hydrogen) atoms. The molecule has 0 aromatic rings. The molecule has 1 nitrogen and oxygen atoms in total. The summed E-state index contributed by atoms with van der Waals surface area (Å²) in [6, 6.07) is 0. The van der Waals surface area contributed by atoms with E-state index in [9.17, 15) is 0 Å². The Morgan fingerprint density at radius 1 is 1.19 bits per heavy atom. The topological polar surface area (TPSA) is 3.24 Å². The second-order valence-corrected chi connectivity index (χ2v) is 4.08. The van der Waals surface area contributed by atoms with Gasteiger partial charge in [0.15, 0.2) is 0 Å². The van der Waals surface area contributed by atoms with Gasteiger partial charge in [0.05, 0.1) is 0 Å². The minimum atomic E-state index is 0.635. The van der Waals surface area contributed by atoms with Crippen LogP contribution in [0.15, 0.2) is 23.4 Å². The minimum absolute atomic E-state index is 0.635. The van der Waals surface area contributed by atoms with Crippen LogP contribution < -0.4 is 0 Å². The van der Waals surface area contributed by atoms with Gasteiger partial charge in [0.2, 0.25) is 0 Å². The van der Waals surface area contributed by atoms with Gasteiger partial charge < -0.3 is 4.90 Å². The van der Waals surface area contributed by atoms with Gasteiger partial charge in [0, 0.05) is 19.3 Å². The fraction of sp³-hybridized carbons (Fsp3) is 0.733. The molecule has 0 aliphatic rings. The molecule has 0 unspecified atom stereocenters. The average molecular weight is 225 g/mol. The van der Waals surface area contributed by atoms with Crippen molar-refractivity contribution in [2.24, 2.45) is 5.92 Å². The zero-order chi connectivity index (χ0) is 13.1. The molecule has 0 aliphatic heterocycles. The van der Waals surface area contributed by atoms with Crippen molar-refractivity contribution in [1.29, 1.82) is 0 Å². The molecule has 0 aromatic carbocycles. The van der Waals surface area contributed by atoms with Crippen molar-refractivity contribution in [2.75, 3.05) is 13.6 Å². The van der Waals surface area contributed by atoms with Crippen LogP contribution in [0.1, 0.15) is 54.9 Å². The largest absolute Gasteiger partial charge is 0.378 e. The van der Waals surface area contributed by atoms with Gasteiger partial charge in [0.25, 0.3) is 0 Å². The molecule has 0 bridgehead atoms. The molecule has 0 N–H and O–H groups in total. The predicted molar refractivity (Wildman–Crippen MR) is 76.6 cm³/mol. The van der Waals surface area contributed by atoms with E-state index in [2.05, 4.69) is 58.7 Å². The van der Waals surface area contributed by atoms with Crippen LogP contribution in [-0.2, 0) is 0 Å². The summed E-state index contributed by atoms with van der Waals surface area (Å²) in [6.07, 6.45) is 5.65. The van der Waals surface area contributed by atoms with E-state index in [1.54, 1.807) is 0 Å². The van der Waals surface area contributed by atoms with Gasteiger partial charge in [-0.3, -0.25) is 0 Å². The smallest absolute Gasteiger partial charge is 0.0143 e. The second-order valence-electron chi connectivity index (χ2n) is 4.08. The monoisotopic (exact) mass is 225 g/mol. The summed E-state index contributed by atoms with van der Waals surface area (Å²) in [5.41, 5.74) is 2.84. The highest BCUT2D eigenvalue weighted by Gasteiger charge is 2.01. The van der Waals surface area contributed by atoms with E-state index in [-0.39, 0.29) is 0 Å². The first-order chi connectivity index (χ1) is 7.52. The molecular formula is C15H31N. The molecule has 96 valence electrons. The third-order valence-electron chi connectivity index (χ3n) is 2.57. The van der Waals surface area contributed by atoms with E-state index in [0.29, 0.717) is 5.92 Å². The van der Waals surface area contributed by atoms with Crippen LogP contribution in [0.2, 0.25) is 0 Å². The number of allylic oxidation sites excluding steroid dienone is 4. The SMILES string of the molecule is CC.CCC(/C=C\C(C)C)=C(/C)N(C)CC. The minimum Gasteiger partial charge on any atom is -0.378 e. The molecule has 0 heterocycles. The van der Waals surface area contributed by atoms with Crippen LogP contribution in [0, 0.1) is 5.92 Å². The summed E-state index contributed by atoms with van der Waals surface area (Å²) < 4.78 is 0. The van der Waals surface area contributed by atoms with Crippen LogP contribution in [0.25, 0.3) is 0 Å². The summed E-state index contributed by atoms with van der Waals surface area (Å²) in [4.78, 5) is 2.30. The van der Waals surface area contributed by atoms with E-state index >= 15 is 0 Å². The second kappa shape index (κ2) is 10.8. The van der Waals surface area contributed by atoms with Gasteiger partial charge >= 0.3 is 0 Å². The summed E-state index contributed by atoms with van der Waals surface area (Å²) >= 11 is 0. The zero-order valence-electron chi connectivity index (χ0n) is 12.6. The fourth-order valence-corrected chi connectivity index (χ4v) is 1.29. The number of rotatable bonds is 5. The summed E-state index contributed by atoms with van der Waals surface area (Å²) in [6.45, 7) is 16.1. The van der Waals surface area contributed by atoms with Crippen molar-refractivity contribution in [3.63, 3.8) is 0 Å². The van der Waals surface area contributed by atoms with Crippen LogP contribution in [0.3, 0.4) is 0 Å². The van der Waals surface area contributed by atoms with Crippen molar-refractivity contribution < 1.29 is 0 Å². The predicted octanol–water partition coefficient (Wildman–Crippen LogP) is 4.86. The third kappa shape index (κ3) is 7.56. The van der Waals surface area contributed by atoms with Gasteiger partial charge in [0.1, 0.15) is 0 Å². The van der Waals surface area contributed by atoms with E-state index in [1.807, 2.05) is 13.8 Å². The molecular weight excluding hydrogens is 194 g/mol. The van der Waals surface area contributed by atoms with Crippen molar-refractivity contribution in [3.05, 3.63) is 23.4 Å². The standard InChI is InChI=1S/C13H25N.C2H6/c1-7-13(10-9-11(3)4)12(5)14(6)8-2;1-2/h9-11H,7-8H2,1-6H3;1-2H3/b10-9-,13-12+;. The molecule has 0 saturated heterocycles. The molecule has 1 heteroatoms. The number of nitrogens with zero attached hydrogens (tertiary/aromatic N) is 1. The van der Waals surface area contributed by atoms with Gasteiger partial charge in [-0.15, -0.1) is 0 Å². The first-order valence-corrected chi connectivity index (χ1v) is 6.61. The van der Waals surface area contributed by atoms with Gasteiger partial charge in [-0.2, -0.15) is 0 Å². The first kappa shape index (κ1) is 17.7. The van der Waals surface area contributed by atoms with Crippen molar-refractivity contribution in [1.82, 2.24) is 4.90 Å². The molecule has 0 spiro atoms. The highest BCUT2D eigenvalue weighted by Crippen LogP contribution is 2.14. The lowest BCUT2D eigenvalue weighted by Gasteiger charge is -2.20. The average Bonchev–Trinajstić information content (AvgIpc) is 2.30. The Morgan fingerprint density at radius 2 is 1.69 bits per heavy atom. The maximum absolute atomic E-state index is 2.30. The zero-order valence-corrected chi connectivity index (χ0v) is 12.6. The van der Waals surface area contributed by atoms with Crippen LogP contribution >= 0.6 is 0 Å². The van der Waals surface area contributed by atoms with E-state index < -0.39 is 0 Å². The summed E-state index contributed by atoms with van der Waals surface area (Å²) in [5, 5.41) is 0. The Balaban J connectivity index is 0. The van der Waals surface area contributed by atoms with Gasteiger partial charge in [-0.05, 0) is 31.8 Å². The molecule has 0 rings (SSSR count). The Labute approximate surface area is 103 Å². The highest BCUT2D eigenvalue weighted by atomic mass is 15.1. The van der Waals surface area contributed by atoms with Gasteiger partial charge in [-0.25, -0.2) is 0 Å². The van der Waals surface area contributed by atoms with Crippen LogP contribution in [-0.4, -0.2) is 18.5 Å². The lowest BCUT2D eigenvalue weighted by atomic mass is 10.1. The Kier molecular flexibility index (Phi) is 11.9. The quantitative estimate of drug-likeness (QED) is 0.604. The Morgan fingerprint density at radius 3 is 2.00 bits per heavy atom. The normalized spacial score (nSPS) is 12.3. The summed E-state index contributed by atoms with van der Waals surface area (Å²) in [7, 11) is 2.15. The van der Waals surface area contributed by atoms with Crippen molar-refractivity contribution in [3.8, 4) is 0 Å². The maximum Gasteiger partial charge on any atom is 0.0143 e. The molecule has 0 aliphatic carbocycles. The van der Waals surface area contributed by atoms with E-state index in [0.717, 1.165) is 13.0 Å². The number of hydrogen-bond donors (Lipinski definition) is 0. The Bertz CT molecular complexity index is 211. The van der Waals surface area contributed by atoms with E-state index in [4.69, 9.17) is 0 Å². The molecule has 0 aromatic heterocycles. The van der Waals surface area contributed by atoms with E-state index in [1.165, 1.54) is 11.3 Å². The van der Waals surface area contributed by atoms with Crippen molar-refractivity contribution in [2.45, 2.75) is 54.9 Å². The maximum atomic E-state index is 2.30. The fourth-order valence-electron chi connectivity index (χ4n) is 1.29. The molecule has 0 radical (unpaired) electrons. The highest BCUT2D eigenvalue weighted by molar-refractivity contribution is 5.23. The molecule has 0 atom stereocenters. The first-order valence-electron chi connectivity index (χ1n) is 6.61. The van der Waals surface area contributed by atoms with Crippen LogP contribution in [0.5, 0.6) is 0 Å². The summed E-state index contributed by atoms with van der Waals surface area (Å²) in [5.74, 6) is 0.635. The third-order valence-corrected chi connectivity index (χ3v) is 2.57. The molecule has 0 saturated carbocycles. The lowest BCUT2D eigenvalue weighted by molar-refractivity contribution is 0.438. The number of hydrogen-bond acceptors (Lipinski definition) is 1. The van der Waals surface area contributed by atoms with Crippen LogP contribution in [0.4, 0.5) is 0 Å².